The van der Waals surface area contributed by atoms with Crippen molar-refractivity contribution in [3.05, 3.63) is 17.3 Å². The highest BCUT2D eigenvalue weighted by Gasteiger charge is 2.38. The number of carboxylic acid groups (broad SMARTS) is 1. The third kappa shape index (κ3) is 2.10. The molecule has 0 saturated carbocycles. The Morgan fingerprint density at radius 2 is 2.06 bits per heavy atom. The van der Waals surface area contributed by atoms with Gasteiger partial charge in [0.25, 0.3) is 5.91 Å². The molecule has 1 N–H and O–H groups in total. The second-order valence-electron chi connectivity index (χ2n) is 4.74. The molecule has 1 amide bonds. The third-order valence-corrected chi connectivity index (χ3v) is 3.39. The molecule has 0 spiro atoms. The van der Waals surface area contributed by atoms with Gasteiger partial charge in [-0.2, -0.15) is 0 Å². The zero-order valence-electron chi connectivity index (χ0n) is 10.6. The van der Waals surface area contributed by atoms with Crippen LogP contribution in [-0.2, 0) is 4.79 Å². The standard InChI is InChI=1S/C12H16N2O4/c1-6(12(16)17)9-4-14(5-9)11(15)10-7(2)13-8(3)18-10/h6,9H,4-5H2,1-3H3,(H,16,17). The molecule has 1 aliphatic rings. The molecule has 1 aliphatic heterocycles. The Hall–Kier alpha value is -1.85. The van der Waals surface area contributed by atoms with Crippen molar-refractivity contribution < 1.29 is 19.1 Å². The summed E-state index contributed by atoms with van der Waals surface area (Å²) in [5.74, 6) is -0.705. The Bertz CT molecular complexity index is 488. The second kappa shape index (κ2) is 4.44. The molecular weight excluding hydrogens is 236 g/mol. The SMILES string of the molecule is Cc1nc(C)c(C(=O)N2CC(C(C)C(=O)O)C2)o1. The number of carbonyl (C=O) groups is 2. The number of aryl methyl sites for hydroxylation is 2. The first-order chi connectivity index (χ1) is 8.40. The normalized spacial score (nSPS) is 17.4. The van der Waals surface area contributed by atoms with Crippen molar-refractivity contribution in [3.63, 3.8) is 0 Å². The number of aromatic nitrogens is 1. The van der Waals surface area contributed by atoms with Crippen molar-refractivity contribution in [3.8, 4) is 0 Å². The van der Waals surface area contributed by atoms with E-state index in [-0.39, 0.29) is 17.6 Å². The first-order valence-electron chi connectivity index (χ1n) is 5.86. The van der Waals surface area contributed by atoms with E-state index in [4.69, 9.17) is 9.52 Å². The van der Waals surface area contributed by atoms with Crippen molar-refractivity contribution in [2.24, 2.45) is 11.8 Å². The fourth-order valence-electron chi connectivity index (χ4n) is 2.07. The average molecular weight is 252 g/mol. The van der Waals surface area contributed by atoms with Crippen LogP contribution in [-0.4, -0.2) is 40.0 Å². The average Bonchev–Trinajstić information content (AvgIpc) is 2.55. The number of oxazole rings is 1. The van der Waals surface area contributed by atoms with Crippen LogP contribution >= 0.6 is 0 Å². The molecule has 6 heteroatoms. The summed E-state index contributed by atoms with van der Waals surface area (Å²) in [4.78, 5) is 28.5. The fraction of sp³-hybridized carbons (Fsp3) is 0.583. The van der Waals surface area contributed by atoms with Crippen LogP contribution in [0.25, 0.3) is 0 Å². The van der Waals surface area contributed by atoms with E-state index in [0.717, 1.165) is 0 Å². The first kappa shape index (κ1) is 12.6. The first-order valence-corrected chi connectivity index (χ1v) is 5.86. The highest BCUT2D eigenvalue weighted by Crippen LogP contribution is 2.26. The van der Waals surface area contributed by atoms with Crippen molar-refractivity contribution in [1.29, 1.82) is 0 Å². The van der Waals surface area contributed by atoms with E-state index in [1.165, 1.54) is 0 Å². The summed E-state index contributed by atoms with van der Waals surface area (Å²) in [6.45, 7) is 6.01. The summed E-state index contributed by atoms with van der Waals surface area (Å²) >= 11 is 0. The molecular formula is C12H16N2O4. The van der Waals surface area contributed by atoms with Gasteiger partial charge < -0.3 is 14.4 Å². The molecule has 2 heterocycles. The Kier molecular flexibility index (Phi) is 3.11. The number of nitrogens with zero attached hydrogens (tertiary/aromatic N) is 2. The van der Waals surface area contributed by atoms with Crippen molar-refractivity contribution in [2.75, 3.05) is 13.1 Å². The largest absolute Gasteiger partial charge is 0.481 e. The second-order valence-corrected chi connectivity index (χ2v) is 4.74. The molecule has 0 aliphatic carbocycles. The molecule has 6 nitrogen and oxygen atoms in total. The van der Waals surface area contributed by atoms with Gasteiger partial charge in [0, 0.05) is 25.9 Å². The minimum Gasteiger partial charge on any atom is -0.481 e. The smallest absolute Gasteiger partial charge is 0.306 e. The number of amides is 1. The number of hydrogen-bond donors (Lipinski definition) is 1. The van der Waals surface area contributed by atoms with Gasteiger partial charge >= 0.3 is 5.97 Å². The number of likely N-dealkylation sites (tertiary alicyclic amines) is 1. The van der Waals surface area contributed by atoms with Gasteiger partial charge in [0.05, 0.1) is 11.6 Å². The Morgan fingerprint density at radius 3 is 2.50 bits per heavy atom. The molecule has 1 aromatic heterocycles. The molecule has 1 fully saturated rings. The Labute approximate surface area is 105 Å². The molecule has 1 atom stereocenters. The van der Waals surface area contributed by atoms with Gasteiger partial charge in [-0.3, -0.25) is 9.59 Å². The van der Waals surface area contributed by atoms with Crippen molar-refractivity contribution >= 4 is 11.9 Å². The van der Waals surface area contributed by atoms with Gasteiger partial charge in [0.15, 0.2) is 5.89 Å². The lowest BCUT2D eigenvalue weighted by atomic mass is 9.87. The lowest BCUT2D eigenvalue weighted by Crippen LogP contribution is -2.53. The van der Waals surface area contributed by atoms with E-state index in [9.17, 15) is 9.59 Å². The summed E-state index contributed by atoms with van der Waals surface area (Å²) in [5.41, 5.74) is 0.576. The van der Waals surface area contributed by atoms with Gasteiger partial charge in [-0.25, -0.2) is 4.98 Å². The van der Waals surface area contributed by atoms with Gasteiger partial charge in [-0.05, 0) is 6.92 Å². The van der Waals surface area contributed by atoms with E-state index < -0.39 is 11.9 Å². The van der Waals surface area contributed by atoms with Crippen LogP contribution < -0.4 is 0 Å². The fourth-order valence-corrected chi connectivity index (χ4v) is 2.07. The highest BCUT2D eigenvalue weighted by atomic mass is 16.4. The number of carbonyl (C=O) groups excluding carboxylic acids is 1. The summed E-state index contributed by atoms with van der Waals surface area (Å²) < 4.78 is 5.26. The number of rotatable bonds is 3. The number of aliphatic carboxylic acids is 1. The molecule has 98 valence electrons. The van der Waals surface area contributed by atoms with Crippen molar-refractivity contribution in [2.45, 2.75) is 20.8 Å². The molecule has 18 heavy (non-hydrogen) atoms. The zero-order chi connectivity index (χ0) is 13.4. The van der Waals surface area contributed by atoms with Gasteiger partial charge in [0.1, 0.15) is 0 Å². The summed E-state index contributed by atoms with van der Waals surface area (Å²) in [5, 5.41) is 8.87. The monoisotopic (exact) mass is 252 g/mol. The van der Waals surface area contributed by atoms with E-state index in [2.05, 4.69) is 4.98 Å². The highest BCUT2D eigenvalue weighted by molar-refractivity contribution is 5.93. The third-order valence-electron chi connectivity index (χ3n) is 3.39. The predicted molar refractivity (Wildman–Crippen MR) is 62.2 cm³/mol. The lowest BCUT2D eigenvalue weighted by molar-refractivity contribution is -0.144. The predicted octanol–water partition coefficient (Wildman–Crippen LogP) is 1.08. The lowest BCUT2D eigenvalue weighted by Gasteiger charge is -2.40. The molecule has 0 bridgehead atoms. The Balaban J connectivity index is 1.98. The summed E-state index contributed by atoms with van der Waals surface area (Å²) in [7, 11) is 0. The van der Waals surface area contributed by atoms with Crippen LogP contribution in [0.3, 0.4) is 0 Å². The zero-order valence-corrected chi connectivity index (χ0v) is 10.6. The molecule has 1 saturated heterocycles. The van der Waals surface area contributed by atoms with Crippen LogP contribution in [0, 0.1) is 25.7 Å². The van der Waals surface area contributed by atoms with Crippen LogP contribution in [0.1, 0.15) is 29.1 Å². The number of hydrogen-bond acceptors (Lipinski definition) is 4. The van der Waals surface area contributed by atoms with E-state index in [0.29, 0.717) is 24.7 Å². The van der Waals surface area contributed by atoms with Gasteiger partial charge in [-0.1, -0.05) is 6.92 Å². The van der Waals surface area contributed by atoms with Crippen molar-refractivity contribution in [1.82, 2.24) is 9.88 Å². The van der Waals surface area contributed by atoms with E-state index >= 15 is 0 Å². The quantitative estimate of drug-likeness (QED) is 0.870. The Morgan fingerprint density at radius 1 is 1.44 bits per heavy atom. The maximum absolute atomic E-state index is 12.0. The molecule has 1 unspecified atom stereocenters. The van der Waals surface area contributed by atoms with Crippen LogP contribution in [0.5, 0.6) is 0 Å². The van der Waals surface area contributed by atoms with Crippen LogP contribution in [0.2, 0.25) is 0 Å². The number of carboxylic acids is 1. The van der Waals surface area contributed by atoms with E-state index in [1.807, 2.05) is 0 Å². The maximum Gasteiger partial charge on any atom is 0.306 e. The summed E-state index contributed by atoms with van der Waals surface area (Å²) in [6.07, 6.45) is 0. The molecule has 2 rings (SSSR count). The molecule has 0 aromatic carbocycles. The minimum atomic E-state index is -0.821. The molecule has 0 radical (unpaired) electrons. The topological polar surface area (TPSA) is 83.6 Å². The van der Waals surface area contributed by atoms with Crippen LogP contribution in [0.4, 0.5) is 0 Å². The van der Waals surface area contributed by atoms with Gasteiger partial charge in [0.2, 0.25) is 5.76 Å². The van der Waals surface area contributed by atoms with Gasteiger partial charge in [-0.15, -0.1) is 0 Å². The minimum absolute atomic E-state index is 0.0239. The summed E-state index contributed by atoms with van der Waals surface area (Å²) in [6, 6.07) is 0. The maximum atomic E-state index is 12.0. The van der Waals surface area contributed by atoms with Crippen LogP contribution in [0.15, 0.2) is 4.42 Å². The van der Waals surface area contributed by atoms with E-state index in [1.54, 1.807) is 25.7 Å². The molecule has 1 aromatic rings.